The molecule has 0 radical (unpaired) electrons. The Bertz CT molecular complexity index is 638. The number of imidazole rings is 1. The molecule has 0 saturated carbocycles. The van der Waals surface area contributed by atoms with Crippen molar-refractivity contribution in [3.05, 3.63) is 28.3 Å². The highest BCUT2D eigenvalue weighted by Gasteiger charge is 2.29. The number of nitro groups is 1. The molecule has 3 rings (SSSR count). The molecule has 2 heterocycles. The fourth-order valence-corrected chi connectivity index (χ4v) is 2.50. The van der Waals surface area contributed by atoms with E-state index in [2.05, 4.69) is 21.8 Å². The molecule has 0 amide bonds. The van der Waals surface area contributed by atoms with Gasteiger partial charge in [-0.15, -0.1) is 0 Å². The lowest BCUT2D eigenvalue weighted by Gasteiger charge is -2.22. The number of H-pyrrole nitrogens is 1. The van der Waals surface area contributed by atoms with Crippen LogP contribution in [0.1, 0.15) is 13.3 Å². The molecule has 0 bridgehead atoms. The third-order valence-electron chi connectivity index (χ3n) is 3.75. The van der Waals surface area contributed by atoms with E-state index in [0.717, 1.165) is 24.4 Å². The molecule has 1 aromatic carbocycles. The molecular formula is C12H15N5O2. The van der Waals surface area contributed by atoms with Crippen LogP contribution in [0.25, 0.3) is 11.0 Å². The largest absolute Gasteiger partial charge is 0.338 e. The van der Waals surface area contributed by atoms with Crippen molar-refractivity contribution in [3.63, 3.8) is 0 Å². The van der Waals surface area contributed by atoms with Crippen molar-refractivity contribution < 1.29 is 4.92 Å². The number of nitrogens with zero attached hydrogens (tertiary/aromatic N) is 3. The van der Waals surface area contributed by atoms with Gasteiger partial charge in [0.25, 0.3) is 5.69 Å². The smallest absolute Gasteiger partial charge is 0.271 e. The van der Waals surface area contributed by atoms with Crippen molar-refractivity contribution >= 4 is 22.7 Å². The third kappa shape index (κ3) is 1.91. The minimum absolute atomic E-state index is 0.0638. The van der Waals surface area contributed by atoms with Crippen LogP contribution in [0.15, 0.2) is 18.2 Å². The van der Waals surface area contributed by atoms with Crippen LogP contribution in [0.4, 0.5) is 11.6 Å². The van der Waals surface area contributed by atoms with E-state index in [1.54, 1.807) is 6.07 Å². The van der Waals surface area contributed by atoms with Gasteiger partial charge in [-0.1, -0.05) is 0 Å². The van der Waals surface area contributed by atoms with Gasteiger partial charge in [-0.25, -0.2) is 4.98 Å². The van der Waals surface area contributed by atoms with Crippen molar-refractivity contribution in [3.8, 4) is 0 Å². The summed E-state index contributed by atoms with van der Waals surface area (Å²) < 4.78 is 0. The molecule has 7 heteroatoms. The predicted octanol–water partition coefficient (Wildman–Crippen LogP) is 1.40. The average Bonchev–Trinajstić information content (AvgIpc) is 2.93. The van der Waals surface area contributed by atoms with Gasteiger partial charge in [-0.3, -0.25) is 10.1 Å². The first kappa shape index (κ1) is 11.9. The number of aromatic nitrogens is 2. The van der Waals surface area contributed by atoms with Gasteiger partial charge in [0.2, 0.25) is 5.95 Å². The van der Waals surface area contributed by atoms with E-state index in [-0.39, 0.29) is 17.8 Å². The van der Waals surface area contributed by atoms with Gasteiger partial charge in [0.05, 0.1) is 16.0 Å². The SMILES string of the molecule is CC1C(N)CCN1c1nc2ccc([N+](=O)[O-])cc2[nH]1. The molecule has 0 aliphatic carbocycles. The van der Waals surface area contributed by atoms with Crippen LogP contribution in [-0.2, 0) is 0 Å². The summed E-state index contributed by atoms with van der Waals surface area (Å²) in [5, 5.41) is 10.7. The second-order valence-electron chi connectivity index (χ2n) is 4.91. The molecule has 1 aliphatic rings. The van der Waals surface area contributed by atoms with Crippen LogP contribution in [0.2, 0.25) is 0 Å². The first-order valence-electron chi connectivity index (χ1n) is 6.22. The topological polar surface area (TPSA) is 101 Å². The van der Waals surface area contributed by atoms with Gasteiger partial charge in [0.15, 0.2) is 0 Å². The minimum atomic E-state index is -0.408. The maximum atomic E-state index is 10.7. The average molecular weight is 261 g/mol. The number of hydrogen-bond donors (Lipinski definition) is 2. The number of nitrogens with two attached hydrogens (primary N) is 1. The maximum absolute atomic E-state index is 10.7. The molecule has 2 atom stereocenters. The van der Waals surface area contributed by atoms with Crippen LogP contribution in [0.3, 0.4) is 0 Å². The highest BCUT2D eigenvalue weighted by molar-refractivity contribution is 5.80. The van der Waals surface area contributed by atoms with Crippen LogP contribution < -0.4 is 10.6 Å². The van der Waals surface area contributed by atoms with E-state index in [4.69, 9.17) is 5.73 Å². The van der Waals surface area contributed by atoms with Crippen molar-refractivity contribution in [1.82, 2.24) is 9.97 Å². The van der Waals surface area contributed by atoms with E-state index >= 15 is 0 Å². The van der Waals surface area contributed by atoms with Crippen LogP contribution >= 0.6 is 0 Å². The number of fused-ring (bicyclic) bond motifs is 1. The molecule has 2 unspecified atom stereocenters. The van der Waals surface area contributed by atoms with Gasteiger partial charge in [0, 0.05) is 30.8 Å². The molecule has 7 nitrogen and oxygen atoms in total. The van der Waals surface area contributed by atoms with E-state index in [9.17, 15) is 10.1 Å². The fourth-order valence-electron chi connectivity index (χ4n) is 2.50. The molecule has 100 valence electrons. The molecule has 19 heavy (non-hydrogen) atoms. The Balaban J connectivity index is 2.00. The Morgan fingerprint density at radius 2 is 2.37 bits per heavy atom. The van der Waals surface area contributed by atoms with Crippen molar-refractivity contribution in [2.45, 2.75) is 25.4 Å². The number of anilines is 1. The third-order valence-corrected chi connectivity index (χ3v) is 3.75. The zero-order chi connectivity index (χ0) is 13.6. The summed E-state index contributed by atoms with van der Waals surface area (Å²) in [6.45, 7) is 2.91. The summed E-state index contributed by atoms with van der Waals surface area (Å²) in [6, 6.07) is 4.99. The number of rotatable bonds is 2. The summed E-state index contributed by atoms with van der Waals surface area (Å²) in [4.78, 5) is 20.1. The summed E-state index contributed by atoms with van der Waals surface area (Å²) in [6.07, 6.45) is 0.929. The number of nitro benzene ring substituents is 1. The lowest BCUT2D eigenvalue weighted by atomic mass is 10.2. The quantitative estimate of drug-likeness (QED) is 0.628. The number of non-ortho nitro benzene ring substituents is 1. The van der Waals surface area contributed by atoms with E-state index in [1.165, 1.54) is 12.1 Å². The zero-order valence-electron chi connectivity index (χ0n) is 10.5. The lowest BCUT2D eigenvalue weighted by molar-refractivity contribution is -0.384. The standard InChI is InChI=1S/C12H15N5O2/c1-7-9(13)4-5-16(7)12-14-10-3-2-8(17(18)19)6-11(10)15-12/h2-3,6-7,9H,4-5,13H2,1H3,(H,14,15). The first-order valence-corrected chi connectivity index (χ1v) is 6.22. The second-order valence-corrected chi connectivity index (χ2v) is 4.91. The minimum Gasteiger partial charge on any atom is -0.338 e. The summed E-state index contributed by atoms with van der Waals surface area (Å²) in [7, 11) is 0. The second kappa shape index (κ2) is 4.20. The van der Waals surface area contributed by atoms with E-state index in [1.807, 2.05) is 0 Å². The van der Waals surface area contributed by atoms with Crippen LogP contribution in [0, 0.1) is 10.1 Å². The monoisotopic (exact) mass is 261 g/mol. The predicted molar refractivity (Wildman–Crippen MR) is 72.1 cm³/mol. The van der Waals surface area contributed by atoms with Crippen molar-refractivity contribution in [2.75, 3.05) is 11.4 Å². The molecule has 1 fully saturated rings. The highest BCUT2D eigenvalue weighted by atomic mass is 16.6. The molecule has 0 spiro atoms. The summed E-state index contributed by atoms with van der Waals surface area (Å²) in [5.74, 6) is 0.732. The highest BCUT2D eigenvalue weighted by Crippen LogP contribution is 2.26. The molecule has 1 aromatic heterocycles. The van der Waals surface area contributed by atoms with Crippen LogP contribution in [-0.4, -0.2) is 33.5 Å². The normalized spacial score (nSPS) is 23.2. The first-order chi connectivity index (χ1) is 9.06. The van der Waals surface area contributed by atoms with Crippen LogP contribution in [0.5, 0.6) is 0 Å². The Morgan fingerprint density at radius 1 is 1.58 bits per heavy atom. The zero-order valence-corrected chi connectivity index (χ0v) is 10.5. The molecule has 1 saturated heterocycles. The van der Waals surface area contributed by atoms with Gasteiger partial charge < -0.3 is 15.6 Å². The van der Waals surface area contributed by atoms with Gasteiger partial charge in [-0.05, 0) is 19.4 Å². The van der Waals surface area contributed by atoms with Gasteiger partial charge >= 0.3 is 0 Å². The van der Waals surface area contributed by atoms with Crippen molar-refractivity contribution in [1.29, 1.82) is 0 Å². The Labute approximate surface area is 109 Å². The summed E-state index contributed by atoms with van der Waals surface area (Å²) >= 11 is 0. The number of nitrogens with one attached hydrogen (secondary N) is 1. The van der Waals surface area contributed by atoms with Crippen molar-refractivity contribution in [2.24, 2.45) is 5.73 Å². The molecule has 2 aromatic rings. The maximum Gasteiger partial charge on any atom is 0.271 e. The van der Waals surface area contributed by atoms with E-state index < -0.39 is 4.92 Å². The Kier molecular flexibility index (Phi) is 2.63. The van der Waals surface area contributed by atoms with Gasteiger partial charge in [0.1, 0.15) is 0 Å². The van der Waals surface area contributed by atoms with Gasteiger partial charge in [-0.2, -0.15) is 0 Å². The Morgan fingerprint density at radius 3 is 3.00 bits per heavy atom. The Hall–Kier alpha value is -2.15. The summed E-state index contributed by atoms with van der Waals surface area (Å²) in [5.41, 5.74) is 7.46. The van der Waals surface area contributed by atoms with E-state index in [0.29, 0.717) is 5.52 Å². The molecule has 1 aliphatic heterocycles. The fraction of sp³-hybridized carbons (Fsp3) is 0.417. The number of aromatic amines is 1. The lowest BCUT2D eigenvalue weighted by Crippen LogP contribution is -2.37. The number of benzene rings is 1. The molecular weight excluding hydrogens is 246 g/mol. The number of hydrogen-bond acceptors (Lipinski definition) is 5. The molecule has 3 N–H and O–H groups in total.